The molecule has 5 heteroatoms. The van der Waals surface area contributed by atoms with Crippen molar-refractivity contribution in [3.8, 4) is 0 Å². The molecular weight excluding hydrogens is 319 g/mol. The average molecular weight is 340 g/mol. The van der Waals surface area contributed by atoms with Crippen molar-refractivity contribution in [2.45, 2.75) is 26.3 Å². The van der Waals surface area contributed by atoms with E-state index in [1.807, 2.05) is 24.3 Å². The molecular formula is C20H21FN2O2. The fourth-order valence-electron chi connectivity index (χ4n) is 3.01. The molecule has 1 saturated heterocycles. The van der Waals surface area contributed by atoms with Gasteiger partial charge in [0.05, 0.1) is 5.92 Å². The normalized spacial score (nSPS) is 17.0. The van der Waals surface area contributed by atoms with E-state index in [0.29, 0.717) is 13.1 Å². The summed E-state index contributed by atoms with van der Waals surface area (Å²) in [5, 5.41) is 2.84. The predicted octanol–water partition coefficient (Wildman–Crippen LogP) is 3.06. The van der Waals surface area contributed by atoms with Crippen molar-refractivity contribution < 1.29 is 14.0 Å². The number of carbonyl (C=O) groups excluding carboxylic acids is 2. The van der Waals surface area contributed by atoms with Crippen molar-refractivity contribution >= 4 is 17.5 Å². The van der Waals surface area contributed by atoms with Gasteiger partial charge in [-0.2, -0.15) is 0 Å². The van der Waals surface area contributed by atoms with E-state index in [1.165, 1.54) is 12.1 Å². The maximum Gasteiger partial charge on any atom is 0.227 e. The molecule has 3 rings (SSSR count). The second-order valence-electron chi connectivity index (χ2n) is 6.27. The lowest BCUT2D eigenvalue weighted by molar-refractivity contribution is -0.126. The second-order valence-corrected chi connectivity index (χ2v) is 6.27. The standard InChI is InChI=1S/C20H21FN2O2/c1-2-14-4-3-5-18(10-14)23-13-16(11-19(23)24)20(25)22-12-15-6-8-17(21)9-7-15/h3-10,16H,2,11-13H2,1H3,(H,22,25). The minimum atomic E-state index is -0.363. The molecule has 1 N–H and O–H groups in total. The van der Waals surface area contributed by atoms with Gasteiger partial charge in [0.15, 0.2) is 0 Å². The average Bonchev–Trinajstić information content (AvgIpc) is 3.03. The van der Waals surface area contributed by atoms with E-state index in [0.717, 1.165) is 23.2 Å². The highest BCUT2D eigenvalue weighted by atomic mass is 19.1. The molecule has 0 aliphatic carbocycles. The van der Waals surface area contributed by atoms with Crippen LogP contribution in [0.15, 0.2) is 48.5 Å². The number of hydrogen-bond acceptors (Lipinski definition) is 2. The van der Waals surface area contributed by atoms with Gasteiger partial charge in [0, 0.05) is 25.2 Å². The van der Waals surface area contributed by atoms with Crippen LogP contribution in [0.2, 0.25) is 0 Å². The number of hydrogen-bond donors (Lipinski definition) is 1. The molecule has 0 spiro atoms. The number of nitrogens with one attached hydrogen (secondary N) is 1. The largest absolute Gasteiger partial charge is 0.352 e. The quantitative estimate of drug-likeness (QED) is 0.909. The monoisotopic (exact) mass is 340 g/mol. The molecule has 1 atom stereocenters. The van der Waals surface area contributed by atoms with Gasteiger partial charge in [-0.25, -0.2) is 4.39 Å². The third-order valence-electron chi connectivity index (χ3n) is 4.51. The van der Waals surface area contributed by atoms with Crippen LogP contribution in [-0.4, -0.2) is 18.4 Å². The van der Waals surface area contributed by atoms with Gasteiger partial charge in [-0.15, -0.1) is 0 Å². The van der Waals surface area contributed by atoms with Gasteiger partial charge in [0.2, 0.25) is 11.8 Å². The van der Waals surface area contributed by atoms with E-state index in [1.54, 1.807) is 17.0 Å². The first-order chi connectivity index (χ1) is 12.1. The molecule has 2 amide bonds. The molecule has 4 nitrogen and oxygen atoms in total. The molecule has 1 unspecified atom stereocenters. The van der Waals surface area contributed by atoms with Crippen molar-refractivity contribution in [2.75, 3.05) is 11.4 Å². The molecule has 2 aromatic rings. The summed E-state index contributed by atoms with van der Waals surface area (Å²) in [6, 6.07) is 13.9. The number of benzene rings is 2. The van der Waals surface area contributed by atoms with E-state index in [9.17, 15) is 14.0 Å². The predicted molar refractivity (Wildman–Crippen MR) is 94.5 cm³/mol. The van der Waals surface area contributed by atoms with Gasteiger partial charge in [0.25, 0.3) is 0 Å². The second kappa shape index (κ2) is 7.47. The molecule has 2 aromatic carbocycles. The Morgan fingerprint density at radius 3 is 2.68 bits per heavy atom. The number of amides is 2. The van der Waals surface area contributed by atoms with Gasteiger partial charge < -0.3 is 10.2 Å². The number of nitrogens with zero attached hydrogens (tertiary/aromatic N) is 1. The van der Waals surface area contributed by atoms with Crippen LogP contribution in [0.5, 0.6) is 0 Å². The van der Waals surface area contributed by atoms with Gasteiger partial charge in [-0.3, -0.25) is 9.59 Å². The van der Waals surface area contributed by atoms with Crippen LogP contribution >= 0.6 is 0 Å². The number of rotatable bonds is 5. The Kier molecular flexibility index (Phi) is 5.12. The molecule has 1 aliphatic rings. The maximum absolute atomic E-state index is 12.9. The zero-order valence-corrected chi connectivity index (χ0v) is 14.2. The van der Waals surface area contributed by atoms with Crippen LogP contribution in [-0.2, 0) is 22.6 Å². The molecule has 130 valence electrons. The fourth-order valence-corrected chi connectivity index (χ4v) is 3.01. The van der Waals surface area contributed by atoms with Crippen LogP contribution in [0.1, 0.15) is 24.5 Å². The Morgan fingerprint density at radius 1 is 1.20 bits per heavy atom. The summed E-state index contributed by atoms with van der Waals surface area (Å²) in [4.78, 5) is 26.4. The summed E-state index contributed by atoms with van der Waals surface area (Å²) in [5.41, 5.74) is 2.83. The lowest BCUT2D eigenvalue weighted by Crippen LogP contribution is -2.32. The van der Waals surface area contributed by atoms with E-state index >= 15 is 0 Å². The molecule has 0 bridgehead atoms. The molecule has 1 fully saturated rings. The lowest BCUT2D eigenvalue weighted by Gasteiger charge is -2.17. The van der Waals surface area contributed by atoms with Crippen molar-refractivity contribution in [1.29, 1.82) is 0 Å². The third-order valence-corrected chi connectivity index (χ3v) is 4.51. The van der Waals surface area contributed by atoms with E-state index in [-0.39, 0.29) is 30.0 Å². The highest BCUT2D eigenvalue weighted by Gasteiger charge is 2.35. The Balaban J connectivity index is 1.61. The van der Waals surface area contributed by atoms with E-state index in [4.69, 9.17) is 0 Å². The third kappa shape index (κ3) is 4.05. The summed E-state index contributed by atoms with van der Waals surface area (Å²) < 4.78 is 12.9. The lowest BCUT2D eigenvalue weighted by atomic mass is 10.1. The minimum absolute atomic E-state index is 0.0322. The number of anilines is 1. The van der Waals surface area contributed by atoms with Gasteiger partial charge in [-0.05, 0) is 41.8 Å². The number of aryl methyl sites for hydroxylation is 1. The van der Waals surface area contributed by atoms with Crippen LogP contribution < -0.4 is 10.2 Å². The van der Waals surface area contributed by atoms with Crippen molar-refractivity contribution in [2.24, 2.45) is 5.92 Å². The number of carbonyl (C=O) groups is 2. The van der Waals surface area contributed by atoms with Crippen LogP contribution in [0.4, 0.5) is 10.1 Å². The summed E-state index contributed by atoms with van der Waals surface area (Å²) in [7, 11) is 0. The highest BCUT2D eigenvalue weighted by molar-refractivity contribution is 6.00. The molecule has 1 aliphatic heterocycles. The summed E-state index contributed by atoms with van der Waals surface area (Å²) in [6.45, 7) is 2.78. The first kappa shape index (κ1) is 17.1. The van der Waals surface area contributed by atoms with E-state index in [2.05, 4.69) is 12.2 Å². The van der Waals surface area contributed by atoms with Gasteiger partial charge >= 0.3 is 0 Å². The zero-order chi connectivity index (χ0) is 17.8. The van der Waals surface area contributed by atoms with Crippen molar-refractivity contribution in [3.05, 3.63) is 65.5 Å². The zero-order valence-electron chi connectivity index (χ0n) is 14.2. The van der Waals surface area contributed by atoms with Crippen LogP contribution in [0.3, 0.4) is 0 Å². The van der Waals surface area contributed by atoms with Gasteiger partial charge in [0.1, 0.15) is 5.82 Å². The Hall–Kier alpha value is -2.69. The smallest absolute Gasteiger partial charge is 0.227 e. The summed E-state index contributed by atoms with van der Waals surface area (Å²) in [5.74, 6) is -0.846. The molecule has 1 heterocycles. The fraction of sp³-hybridized carbons (Fsp3) is 0.300. The van der Waals surface area contributed by atoms with E-state index < -0.39 is 0 Å². The van der Waals surface area contributed by atoms with Gasteiger partial charge in [-0.1, -0.05) is 31.2 Å². The van der Waals surface area contributed by atoms with Crippen LogP contribution in [0.25, 0.3) is 0 Å². The SMILES string of the molecule is CCc1cccc(N2CC(C(=O)NCc3ccc(F)cc3)CC2=O)c1. The molecule has 0 saturated carbocycles. The van der Waals surface area contributed by atoms with Crippen LogP contribution in [0, 0.1) is 11.7 Å². The topological polar surface area (TPSA) is 49.4 Å². The summed E-state index contributed by atoms with van der Waals surface area (Å²) >= 11 is 0. The van der Waals surface area contributed by atoms with Crippen molar-refractivity contribution in [1.82, 2.24) is 5.32 Å². The molecule has 0 aromatic heterocycles. The Morgan fingerprint density at radius 2 is 1.96 bits per heavy atom. The molecule has 25 heavy (non-hydrogen) atoms. The first-order valence-electron chi connectivity index (χ1n) is 8.48. The highest BCUT2D eigenvalue weighted by Crippen LogP contribution is 2.26. The number of halogens is 1. The minimum Gasteiger partial charge on any atom is -0.352 e. The Labute approximate surface area is 146 Å². The maximum atomic E-state index is 12.9. The first-order valence-corrected chi connectivity index (χ1v) is 8.48. The van der Waals surface area contributed by atoms with Crippen molar-refractivity contribution in [3.63, 3.8) is 0 Å². The molecule has 0 radical (unpaired) electrons. The Bertz CT molecular complexity index is 774. The summed E-state index contributed by atoms with van der Waals surface area (Å²) in [6.07, 6.45) is 1.11.